The maximum Gasteiger partial charge on any atom is 0.252 e. The maximum atomic E-state index is 12.6. The molecule has 1 N–H and O–H groups in total. The summed E-state index contributed by atoms with van der Waals surface area (Å²) in [6.45, 7) is 2.50. The van der Waals surface area contributed by atoms with Crippen LogP contribution in [0.1, 0.15) is 12.5 Å². The molecule has 1 heterocycles. The zero-order chi connectivity index (χ0) is 15.2. The number of aliphatic hydroxyl groups excluding tert-OH is 1. The van der Waals surface area contributed by atoms with Crippen molar-refractivity contribution in [1.82, 2.24) is 4.31 Å². The Morgan fingerprint density at radius 1 is 1.40 bits per heavy atom. The van der Waals surface area contributed by atoms with Gasteiger partial charge >= 0.3 is 0 Å². The zero-order valence-corrected chi connectivity index (χ0v) is 13.5. The van der Waals surface area contributed by atoms with Gasteiger partial charge in [0.1, 0.15) is 4.21 Å². The van der Waals surface area contributed by atoms with E-state index < -0.39 is 10.0 Å². The van der Waals surface area contributed by atoms with Crippen molar-refractivity contribution in [3.05, 3.63) is 17.0 Å². The van der Waals surface area contributed by atoms with Crippen LogP contribution in [-0.2, 0) is 26.1 Å². The average Bonchev–Trinajstić information content (AvgIpc) is 2.88. The van der Waals surface area contributed by atoms with Gasteiger partial charge in [0.15, 0.2) is 0 Å². The van der Waals surface area contributed by atoms with Gasteiger partial charge in [-0.05, 0) is 23.9 Å². The highest BCUT2D eigenvalue weighted by molar-refractivity contribution is 7.91. The van der Waals surface area contributed by atoms with Crippen LogP contribution >= 0.6 is 11.3 Å². The Labute approximate surface area is 124 Å². The van der Waals surface area contributed by atoms with Gasteiger partial charge in [-0.2, -0.15) is 4.31 Å². The number of ether oxygens (including phenoxy) is 2. The Hall–Kier alpha value is -0.510. The van der Waals surface area contributed by atoms with Crippen molar-refractivity contribution < 1.29 is 23.0 Å². The summed E-state index contributed by atoms with van der Waals surface area (Å²) in [4.78, 5) is 0. The Morgan fingerprint density at radius 2 is 2.10 bits per heavy atom. The van der Waals surface area contributed by atoms with Crippen LogP contribution < -0.4 is 0 Å². The van der Waals surface area contributed by atoms with Gasteiger partial charge in [0.2, 0.25) is 0 Å². The molecule has 0 radical (unpaired) electrons. The molecule has 8 heteroatoms. The molecular weight excluding hydrogens is 302 g/mol. The molecule has 0 bridgehead atoms. The number of nitrogens with zero attached hydrogens (tertiary/aromatic N) is 1. The van der Waals surface area contributed by atoms with Crippen LogP contribution in [0.15, 0.2) is 15.7 Å². The summed E-state index contributed by atoms with van der Waals surface area (Å²) in [7, 11) is -0.540. The molecule has 20 heavy (non-hydrogen) atoms. The van der Waals surface area contributed by atoms with E-state index in [2.05, 4.69) is 0 Å². The molecule has 0 aliphatic carbocycles. The lowest BCUT2D eigenvalue weighted by atomic mass is 10.3. The minimum Gasteiger partial charge on any atom is -0.392 e. The molecule has 1 atom stereocenters. The SMILES string of the molecule is COCCN(C(C)COC)S(=O)(=O)c1cc(CO)cs1. The minimum atomic E-state index is -3.60. The van der Waals surface area contributed by atoms with Gasteiger partial charge in [0.25, 0.3) is 10.0 Å². The molecule has 0 amide bonds. The number of methoxy groups -OCH3 is 2. The van der Waals surface area contributed by atoms with Crippen LogP contribution in [0.3, 0.4) is 0 Å². The van der Waals surface area contributed by atoms with Crippen molar-refractivity contribution >= 4 is 21.4 Å². The number of hydrogen-bond donors (Lipinski definition) is 1. The van der Waals surface area contributed by atoms with Crippen LogP contribution in [0.5, 0.6) is 0 Å². The number of hydrogen-bond acceptors (Lipinski definition) is 6. The quantitative estimate of drug-likeness (QED) is 0.731. The van der Waals surface area contributed by atoms with Crippen LogP contribution in [-0.4, -0.2) is 57.8 Å². The molecule has 0 spiro atoms. The second-order valence-electron chi connectivity index (χ2n) is 4.35. The van der Waals surface area contributed by atoms with Gasteiger partial charge in [0, 0.05) is 26.8 Å². The molecular formula is C12H21NO5S2. The van der Waals surface area contributed by atoms with Gasteiger partial charge in [0.05, 0.1) is 19.8 Å². The lowest BCUT2D eigenvalue weighted by Gasteiger charge is -2.27. The molecule has 6 nitrogen and oxygen atoms in total. The van der Waals surface area contributed by atoms with Crippen LogP contribution in [0, 0.1) is 0 Å². The average molecular weight is 323 g/mol. The molecule has 0 aliphatic heterocycles. The van der Waals surface area contributed by atoms with Crippen molar-refractivity contribution in [1.29, 1.82) is 0 Å². The van der Waals surface area contributed by atoms with Crippen molar-refractivity contribution in [2.75, 3.05) is 34.0 Å². The first-order chi connectivity index (χ1) is 9.47. The second kappa shape index (κ2) is 8.06. The van der Waals surface area contributed by atoms with Crippen molar-refractivity contribution in [3.8, 4) is 0 Å². The molecule has 0 aromatic carbocycles. The molecule has 0 aliphatic rings. The predicted octanol–water partition coefficient (Wildman–Crippen LogP) is 0.912. The monoisotopic (exact) mass is 323 g/mol. The van der Waals surface area contributed by atoms with Crippen molar-refractivity contribution in [3.63, 3.8) is 0 Å². The van der Waals surface area contributed by atoms with E-state index in [0.717, 1.165) is 11.3 Å². The molecule has 1 aromatic heterocycles. The highest BCUT2D eigenvalue weighted by Gasteiger charge is 2.30. The maximum absolute atomic E-state index is 12.6. The van der Waals surface area contributed by atoms with Crippen LogP contribution in [0.2, 0.25) is 0 Å². The minimum absolute atomic E-state index is 0.169. The summed E-state index contributed by atoms with van der Waals surface area (Å²) in [5.74, 6) is 0. The first-order valence-electron chi connectivity index (χ1n) is 6.15. The van der Waals surface area contributed by atoms with E-state index in [0.29, 0.717) is 18.8 Å². The highest BCUT2D eigenvalue weighted by atomic mass is 32.2. The first-order valence-corrected chi connectivity index (χ1v) is 8.47. The van der Waals surface area contributed by atoms with Gasteiger partial charge in [-0.3, -0.25) is 0 Å². The van der Waals surface area contributed by atoms with Crippen LogP contribution in [0.4, 0.5) is 0 Å². The van der Waals surface area contributed by atoms with E-state index in [9.17, 15) is 8.42 Å². The van der Waals surface area contributed by atoms with Gasteiger partial charge in [-0.15, -0.1) is 11.3 Å². The van der Waals surface area contributed by atoms with Crippen molar-refractivity contribution in [2.24, 2.45) is 0 Å². The second-order valence-corrected chi connectivity index (χ2v) is 7.37. The molecule has 0 fully saturated rings. The highest BCUT2D eigenvalue weighted by Crippen LogP contribution is 2.25. The zero-order valence-electron chi connectivity index (χ0n) is 11.9. The fourth-order valence-electron chi connectivity index (χ4n) is 1.77. The van der Waals surface area contributed by atoms with E-state index in [1.165, 1.54) is 24.6 Å². The summed E-state index contributed by atoms with van der Waals surface area (Å²) in [5.41, 5.74) is 0.597. The summed E-state index contributed by atoms with van der Waals surface area (Å²) < 4.78 is 36.9. The lowest BCUT2D eigenvalue weighted by Crippen LogP contribution is -2.42. The number of thiophene rings is 1. The Balaban J connectivity index is 3.02. The van der Waals surface area contributed by atoms with E-state index in [1.54, 1.807) is 12.3 Å². The van der Waals surface area contributed by atoms with Gasteiger partial charge in [-0.25, -0.2) is 8.42 Å². The number of rotatable bonds is 9. The fourth-order valence-corrected chi connectivity index (χ4v) is 4.70. The molecule has 0 saturated heterocycles. The summed E-state index contributed by atoms with van der Waals surface area (Å²) in [5, 5.41) is 10.7. The number of sulfonamides is 1. The lowest BCUT2D eigenvalue weighted by molar-refractivity contribution is 0.119. The molecule has 1 unspecified atom stereocenters. The third-order valence-corrected chi connectivity index (χ3v) is 6.27. The fraction of sp³-hybridized carbons (Fsp3) is 0.667. The first kappa shape index (κ1) is 17.5. The molecule has 116 valence electrons. The summed E-state index contributed by atoms with van der Waals surface area (Å²) in [6, 6.07) is 1.21. The normalized spacial score (nSPS) is 13.8. The summed E-state index contributed by atoms with van der Waals surface area (Å²) >= 11 is 1.11. The van der Waals surface area contributed by atoms with Gasteiger partial charge < -0.3 is 14.6 Å². The molecule has 1 rings (SSSR count). The van der Waals surface area contributed by atoms with E-state index in [-0.39, 0.29) is 23.4 Å². The van der Waals surface area contributed by atoms with E-state index >= 15 is 0 Å². The third-order valence-electron chi connectivity index (χ3n) is 2.79. The summed E-state index contributed by atoms with van der Waals surface area (Å²) in [6.07, 6.45) is 0. The predicted molar refractivity (Wildman–Crippen MR) is 77.3 cm³/mol. The van der Waals surface area contributed by atoms with Gasteiger partial charge in [-0.1, -0.05) is 0 Å². The Morgan fingerprint density at radius 3 is 2.60 bits per heavy atom. The Kier molecular flexibility index (Phi) is 7.07. The molecule has 0 saturated carbocycles. The van der Waals surface area contributed by atoms with E-state index in [4.69, 9.17) is 14.6 Å². The smallest absolute Gasteiger partial charge is 0.252 e. The largest absolute Gasteiger partial charge is 0.392 e. The topological polar surface area (TPSA) is 76.1 Å². The Bertz CT molecular complexity index is 500. The number of aliphatic hydroxyl groups is 1. The van der Waals surface area contributed by atoms with Crippen LogP contribution in [0.25, 0.3) is 0 Å². The van der Waals surface area contributed by atoms with E-state index in [1.807, 2.05) is 0 Å². The molecule has 1 aromatic rings. The van der Waals surface area contributed by atoms with Crippen molar-refractivity contribution in [2.45, 2.75) is 23.8 Å². The standard InChI is InChI=1S/C12H21NO5S2/c1-10(8-18-3)13(4-5-17-2)20(15,16)12-6-11(7-14)9-19-12/h6,9-10,14H,4-5,7-8H2,1-3H3. The third kappa shape index (κ3) is 4.24.